The van der Waals surface area contributed by atoms with Crippen molar-refractivity contribution in [2.24, 2.45) is 23.2 Å². The topological polar surface area (TPSA) is 20.2 Å². The van der Waals surface area contributed by atoms with Gasteiger partial charge in [0.15, 0.2) is 0 Å². The highest BCUT2D eigenvalue weighted by Crippen LogP contribution is 2.55. The third kappa shape index (κ3) is 3.13. The molecule has 3 aliphatic carbocycles. The molecule has 3 aliphatic rings. The van der Waals surface area contributed by atoms with Gasteiger partial charge in [-0.25, -0.2) is 0 Å². The largest absolute Gasteiger partial charge is 0.393 e. The second-order valence-electron chi connectivity index (χ2n) is 7.83. The summed E-state index contributed by atoms with van der Waals surface area (Å²) in [6, 6.07) is 0. The van der Waals surface area contributed by atoms with E-state index in [0.717, 1.165) is 30.6 Å². The number of rotatable bonds is 3. The minimum Gasteiger partial charge on any atom is -0.393 e. The molecule has 0 spiro atoms. The van der Waals surface area contributed by atoms with E-state index in [2.05, 4.69) is 31.2 Å². The zero-order chi connectivity index (χ0) is 14.7. The third-order valence-corrected chi connectivity index (χ3v) is 6.87. The summed E-state index contributed by atoms with van der Waals surface area (Å²) in [6.45, 7) is 2.61. The first-order valence-electron chi connectivity index (χ1n) is 9.19. The predicted octanol–water partition coefficient (Wildman–Crippen LogP) is 5.26. The van der Waals surface area contributed by atoms with Crippen LogP contribution in [0.2, 0.25) is 0 Å². The summed E-state index contributed by atoms with van der Waals surface area (Å²) < 4.78 is 0. The molecule has 1 fully saturated rings. The van der Waals surface area contributed by atoms with Gasteiger partial charge in [-0.1, -0.05) is 31.2 Å². The standard InChI is InChI=1S/C20H32O/c1-20(16-8-4-2-5-9-16,17-10-6-3-7-11-17)18-12-14-19(21)15-13-18/h2-4,6,16-19,21H,5,7-15H2,1H3. The van der Waals surface area contributed by atoms with Gasteiger partial charge in [0.25, 0.3) is 0 Å². The van der Waals surface area contributed by atoms with Crippen LogP contribution in [-0.2, 0) is 0 Å². The number of aliphatic hydroxyl groups is 1. The molecule has 0 aromatic carbocycles. The lowest BCUT2D eigenvalue weighted by atomic mass is 9.53. The lowest BCUT2D eigenvalue weighted by molar-refractivity contribution is -0.0288. The van der Waals surface area contributed by atoms with E-state index < -0.39 is 0 Å². The maximum Gasteiger partial charge on any atom is 0.0540 e. The van der Waals surface area contributed by atoms with Crippen LogP contribution >= 0.6 is 0 Å². The van der Waals surface area contributed by atoms with Crippen LogP contribution < -0.4 is 0 Å². The van der Waals surface area contributed by atoms with E-state index in [1.165, 1.54) is 51.4 Å². The summed E-state index contributed by atoms with van der Waals surface area (Å²) in [7, 11) is 0. The fourth-order valence-electron chi connectivity index (χ4n) is 5.41. The molecule has 0 aromatic rings. The monoisotopic (exact) mass is 288 g/mol. The molecule has 0 amide bonds. The minimum atomic E-state index is -0.0250. The highest BCUT2D eigenvalue weighted by Gasteiger charge is 2.46. The van der Waals surface area contributed by atoms with E-state index in [9.17, 15) is 5.11 Å². The van der Waals surface area contributed by atoms with Gasteiger partial charge >= 0.3 is 0 Å². The summed E-state index contributed by atoms with van der Waals surface area (Å²) in [4.78, 5) is 0. The number of aliphatic hydroxyl groups excluding tert-OH is 1. The Bertz CT molecular complexity index is 363. The van der Waals surface area contributed by atoms with Crippen molar-refractivity contribution >= 4 is 0 Å². The van der Waals surface area contributed by atoms with Crippen LogP contribution in [0.4, 0.5) is 0 Å². The summed E-state index contributed by atoms with van der Waals surface area (Å²) in [6.07, 6.45) is 22.0. The normalized spacial score (nSPS) is 39.9. The van der Waals surface area contributed by atoms with Crippen LogP contribution in [0, 0.1) is 23.2 Å². The Balaban J connectivity index is 1.82. The van der Waals surface area contributed by atoms with Crippen molar-refractivity contribution in [2.75, 3.05) is 0 Å². The summed E-state index contributed by atoms with van der Waals surface area (Å²) >= 11 is 0. The van der Waals surface area contributed by atoms with Crippen molar-refractivity contribution in [2.45, 2.75) is 77.2 Å². The van der Waals surface area contributed by atoms with Crippen LogP contribution in [0.1, 0.15) is 71.1 Å². The molecular formula is C20H32O. The molecule has 0 aliphatic heterocycles. The van der Waals surface area contributed by atoms with E-state index in [0.29, 0.717) is 5.41 Å². The average Bonchev–Trinajstić information content (AvgIpc) is 2.56. The Hall–Kier alpha value is -0.560. The van der Waals surface area contributed by atoms with Crippen LogP contribution in [0.5, 0.6) is 0 Å². The van der Waals surface area contributed by atoms with Gasteiger partial charge < -0.3 is 5.11 Å². The average molecular weight is 288 g/mol. The molecule has 3 rings (SSSR count). The number of hydrogen-bond donors (Lipinski definition) is 1. The lowest BCUT2D eigenvalue weighted by Gasteiger charge is -2.52. The van der Waals surface area contributed by atoms with Crippen molar-refractivity contribution in [1.82, 2.24) is 0 Å². The lowest BCUT2D eigenvalue weighted by Crippen LogP contribution is -2.44. The van der Waals surface area contributed by atoms with Crippen LogP contribution in [0.25, 0.3) is 0 Å². The third-order valence-electron chi connectivity index (χ3n) is 6.87. The molecule has 2 unspecified atom stereocenters. The van der Waals surface area contributed by atoms with Crippen molar-refractivity contribution in [1.29, 1.82) is 0 Å². The fourth-order valence-corrected chi connectivity index (χ4v) is 5.41. The molecule has 1 heteroatoms. The second-order valence-corrected chi connectivity index (χ2v) is 7.83. The van der Waals surface area contributed by atoms with Crippen molar-refractivity contribution in [3.8, 4) is 0 Å². The van der Waals surface area contributed by atoms with E-state index in [-0.39, 0.29) is 6.10 Å². The summed E-state index contributed by atoms with van der Waals surface area (Å²) in [5.41, 5.74) is 0.482. The van der Waals surface area contributed by atoms with Crippen LogP contribution in [0.15, 0.2) is 24.3 Å². The highest BCUT2D eigenvalue weighted by molar-refractivity contribution is 5.05. The molecule has 0 saturated heterocycles. The van der Waals surface area contributed by atoms with Gasteiger partial charge in [-0.15, -0.1) is 0 Å². The van der Waals surface area contributed by atoms with E-state index >= 15 is 0 Å². The Labute approximate surface area is 130 Å². The van der Waals surface area contributed by atoms with E-state index in [4.69, 9.17) is 0 Å². The van der Waals surface area contributed by atoms with Gasteiger partial charge in [0, 0.05) is 0 Å². The van der Waals surface area contributed by atoms with Gasteiger partial charge in [-0.3, -0.25) is 0 Å². The second kappa shape index (κ2) is 6.69. The molecule has 1 N–H and O–H groups in total. The maximum absolute atomic E-state index is 9.89. The molecule has 118 valence electrons. The van der Waals surface area contributed by atoms with Crippen LogP contribution in [-0.4, -0.2) is 11.2 Å². The van der Waals surface area contributed by atoms with Crippen molar-refractivity contribution in [3.63, 3.8) is 0 Å². The zero-order valence-corrected chi connectivity index (χ0v) is 13.6. The van der Waals surface area contributed by atoms with Crippen molar-refractivity contribution in [3.05, 3.63) is 24.3 Å². The smallest absolute Gasteiger partial charge is 0.0540 e. The molecule has 2 atom stereocenters. The molecule has 0 heterocycles. The molecular weight excluding hydrogens is 256 g/mol. The van der Waals surface area contributed by atoms with Gasteiger partial charge in [0.2, 0.25) is 0 Å². The molecule has 0 bridgehead atoms. The summed E-state index contributed by atoms with van der Waals surface area (Å²) in [5.74, 6) is 2.55. The van der Waals surface area contributed by atoms with Gasteiger partial charge in [0.1, 0.15) is 0 Å². The van der Waals surface area contributed by atoms with Crippen LogP contribution in [0.3, 0.4) is 0 Å². The Kier molecular flexibility index (Phi) is 4.88. The number of hydrogen-bond acceptors (Lipinski definition) is 1. The highest BCUT2D eigenvalue weighted by atomic mass is 16.3. The quantitative estimate of drug-likeness (QED) is 0.703. The minimum absolute atomic E-state index is 0.0250. The first kappa shape index (κ1) is 15.3. The summed E-state index contributed by atoms with van der Waals surface area (Å²) in [5, 5.41) is 9.89. The molecule has 0 aromatic heterocycles. The van der Waals surface area contributed by atoms with Gasteiger partial charge in [-0.2, -0.15) is 0 Å². The Morgan fingerprint density at radius 1 is 0.714 bits per heavy atom. The first-order valence-corrected chi connectivity index (χ1v) is 9.19. The predicted molar refractivity (Wildman–Crippen MR) is 89.0 cm³/mol. The molecule has 1 nitrogen and oxygen atoms in total. The van der Waals surface area contributed by atoms with Crippen molar-refractivity contribution < 1.29 is 5.11 Å². The Morgan fingerprint density at radius 2 is 1.24 bits per heavy atom. The SMILES string of the molecule is CC(C1CC=CCC1)(C1CC=CCC1)C1CCC(O)CC1. The molecule has 21 heavy (non-hydrogen) atoms. The first-order chi connectivity index (χ1) is 10.2. The van der Waals surface area contributed by atoms with Gasteiger partial charge in [-0.05, 0) is 87.4 Å². The Morgan fingerprint density at radius 3 is 1.67 bits per heavy atom. The van der Waals surface area contributed by atoms with E-state index in [1.807, 2.05) is 0 Å². The fraction of sp³-hybridized carbons (Fsp3) is 0.800. The van der Waals surface area contributed by atoms with E-state index in [1.54, 1.807) is 0 Å². The molecule has 1 saturated carbocycles. The van der Waals surface area contributed by atoms with Gasteiger partial charge in [0.05, 0.1) is 6.10 Å². The number of allylic oxidation sites excluding steroid dienone is 4. The zero-order valence-electron chi connectivity index (χ0n) is 13.6. The molecule has 0 radical (unpaired) electrons. The maximum atomic E-state index is 9.89.